The van der Waals surface area contributed by atoms with Gasteiger partial charge >= 0.3 is 0 Å². The van der Waals surface area contributed by atoms with Crippen molar-refractivity contribution in [1.82, 2.24) is 19.7 Å². The molecule has 0 radical (unpaired) electrons. The Hall–Kier alpha value is -1.53. The average Bonchev–Trinajstić information content (AvgIpc) is 3.07. The third-order valence-electron chi connectivity index (χ3n) is 4.18. The third kappa shape index (κ3) is 4.01. The summed E-state index contributed by atoms with van der Waals surface area (Å²) in [6, 6.07) is 10.2. The highest BCUT2D eigenvalue weighted by molar-refractivity contribution is 7.85. The highest BCUT2D eigenvalue weighted by Crippen LogP contribution is 2.18. The zero-order valence-corrected chi connectivity index (χ0v) is 13.5. The van der Waals surface area contributed by atoms with Crippen LogP contribution >= 0.6 is 0 Å². The summed E-state index contributed by atoms with van der Waals surface area (Å²) in [5.41, 5.74) is 0. The fourth-order valence-electron chi connectivity index (χ4n) is 2.99. The van der Waals surface area contributed by atoms with E-state index in [-0.39, 0.29) is 0 Å². The van der Waals surface area contributed by atoms with E-state index in [4.69, 9.17) is 0 Å². The third-order valence-corrected chi connectivity index (χ3v) is 5.53. The lowest BCUT2D eigenvalue weighted by atomic mass is 10.0. The Labute approximate surface area is 133 Å². The molecule has 1 aromatic carbocycles. The molecule has 0 N–H and O–H groups in total. The molecular formula is C16H22N4OS. The van der Waals surface area contributed by atoms with Gasteiger partial charge in [-0.3, -0.25) is 13.8 Å². The maximum Gasteiger partial charge on any atom is 0.137 e. The van der Waals surface area contributed by atoms with Crippen LogP contribution in [0, 0.1) is 0 Å². The Kier molecular flexibility index (Phi) is 5.34. The molecule has 2 atom stereocenters. The van der Waals surface area contributed by atoms with Gasteiger partial charge in [0.15, 0.2) is 0 Å². The van der Waals surface area contributed by atoms with Gasteiger partial charge in [0, 0.05) is 23.2 Å². The van der Waals surface area contributed by atoms with Crippen molar-refractivity contribution in [1.29, 1.82) is 0 Å². The molecule has 1 fully saturated rings. The molecule has 5 nitrogen and oxygen atoms in total. The number of likely N-dealkylation sites (tertiary alicyclic amines) is 1. The van der Waals surface area contributed by atoms with E-state index in [1.807, 2.05) is 35.0 Å². The van der Waals surface area contributed by atoms with Crippen molar-refractivity contribution in [2.45, 2.75) is 36.7 Å². The summed E-state index contributed by atoms with van der Waals surface area (Å²) in [6.07, 6.45) is 7.02. The summed E-state index contributed by atoms with van der Waals surface area (Å²) in [5, 5.41) is 4.21. The van der Waals surface area contributed by atoms with Crippen molar-refractivity contribution in [3.8, 4) is 0 Å². The number of aromatic nitrogens is 3. The fourth-order valence-corrected chi connectivity index (χ4v) is 4.09. The first kappa shape index (κ1) is 15.4. The highest BCUT2D eigenvalue weighted by Gasteiger charge is 2.23. The molecule has 6 heteroatoms. The molecule has 0 spiro atoms. The topological polar surface area (TPSA) is 51.0 Å². The van der Waals surface area contributed by atoms with Gasteiger partial charge in [-0.2, -0.15) is 5.10 Å². The summed E-state index contributed by atoms with van der Waals surface area (Å²) in [7, 11) is -0.915. The fraction of sp³-hybridized carbons (Fsp3) is 0.500. The van der Waals surface area contributed by atoms with Crippen LogP contribution in [-0.4, -0.2) is 48.8 Å². The molecule has 1 saturated heterocycles. The quantitative estimate of drug-likeness (QED) is 0.817. The van der Waals surface area contributed by atoms with E-state index in [1.165, 1.54) is 19.3 Å². The van der Waals surface area contributed by atoms with Gasteiger partial charge in [-0.05, 0) is 31.5 Å². The molecular weight excluding hydrogens is 296 g/mol. The predicted octanol–water partition coefficient (Wildman–Crippen LogP) is 1.94. The zero-order valence-electron chi connectivity index (χ0n) is 12.7. The van der Waals surface area contributed by atoms with E-state index >= 15 is 0 Å². The second-order valence-corrected chi connectivity index (χ2v) is 7.24. The number of piperidine rings is 1. The van der Waals surface area contributed by atoms with Crippen LogP contribution in [0.5, 0.6) is 0 Å². The van der Waals surface area contributed by atoms with Crippen LogP contribution in [0.15, 0.2) is 47.9 Å². The minimum Gasteiger partial charge on any atom is -0.298 e. The van der Waals surface area contributed by atoms with Crippen LogP contribution in [0.3, 0.4) is 0 Å². The van der Waals surface area contributed by atoms with E-state index in [2.05, 4.69) is 15.0 Å². The lowest BCUT2D eigenvalue weighted by Gasteiger charge is -2.35. The van der Waals surface area contributed by atoms with Gasteiger partial charge < -0.3 is 0 Å². The Bertz CT molecular complexity index is 587. The second kappa shape index (κ2) is 7.65. The van der Waals surface area contributed by atoms with Crippen LogP contribution < -0.4 is 0 Å². The molecule has 0 amide bonds. The van der Waals surface area contributed by atoms with Crippen molar-refractivity contribution in [2.24, 2.45) is 0 Å². The lowest BCUT2D eigenvalue weighted by Crippen LogP contribution is -2.44. The number of hydrogen-bond donors (Lipinski definition) is 0. The van der Waals surface area contributed by atoms with E-state index in [1.54, 1.807) is 12.7 Å². The summed E-state index contributed by atoms with van der Waals surface area (Å²) in [4.78, 5) is 7.40. The minimum atomic E-state index is -0.915. The standard InChI is InChI=1S/C16H22N4OS/c21-22(16-7-2-1-3-8-16)11-10-19-9-5-4-6-15(19)12-20-14-17-13-18-20/h1-3,7-8,13-15H,4-6,9-12H2/t15-,22-/m0/s1. The van der Waals surface area contributed by atoms with E-state index in [0.717, 1.165) is 24.5 Å². The Morgan fingerprint density at radius 1 is 1.23 bits per heavy atom. The Morgan fingerprint density at radius 2 is 2.09 bits per heavy atom. The normalized spacial score (nSPS) is 20.8. The molecule has 22 heavy (non-hydrogen) atoms. The highest BCUT2D eigenvalue weighted by atomic mass is 32.2. The first-order chi connectivity index (χ1) is 10.8. The summed E-state index contributed by atoms with van der Waals surface area (Å²) in [5.74, 6) is 0.692. The van der Waals surface area contributed by atoms with Crippen molar-refractivity contribution < 1.29 is 4.21 Å². The van der Waals surface area contributed by atoms with Crippen LogP contribution in [0.4, 0.5) is 0 Å². The molecule has 1 aliphatic heterocycles. The first-order valence-corrected chi connectivity index (χ1v) is 9.15. The van der Waals surface area contributed by atoms with E-state index < -0.39 is 10.8 Å². The molecule has 2 aromatic rings. The summed E-state index contributed by atoms with van der Waals surface area (Å²) < 4.78 is 14.3. The maximum atomic E-state index is 12.4. The van der Waals surface area contributed by atoms with Crippen molar-refractivity contribution in [3.63, 3.8) is 0 Å². The molecule has 0 unspecified atom stereocenters. The molecule has 118 valence electrons. The van der Waals surface area contributed by atoms with Gasteiger partial charge in [0.2, 0.25) is 0 Å². The van der Waals surface area contributed by atoms with Crippen LogP contribution in [0.2, 0.25) is 0 Å². The minimum absolute atomic E-state index is 0.475. The van der Waals surface area contributed by atoms with E-state index in [0.29, 0.717) is 11.8 Å². The molecule has 3 rings (SSSR count). The number of benzene rings is 1. The predicted molar refractivity (Wildman–Crippen MR) is 87.0 cm³/mol. The number of nitrogens with zero attached hydrogens (tertiary/aromatic N) is 4. The Morgan fingerprint density at radius 3 is 2.86 bits per heavy atom. The van der Waals surface area contributed by atoms with Gasteiger partial charge in [0.25, 0.3) is 0 Å². The van der Waals surface area contributed by atoms with Crippen molar-refractivity contribution in [3.05, 3.63) is 43.0 Å². The van der Waals surface area contributed by atoms with Crippen LogP contribution in [0.25, 0.3) is 0 Å². The van der Waals surface area contributed by atoms with Gasteiger partial charge in [0.1, 0.15) is 12.7 Å². The smallest absolute Gasteiger partial charge is 0.137 e. The largest absolute Gasteiger partial charge is 0.298 e. The molecule has 2 heterocycles. The summed E-state index contributed by atoms with van der Waals surface area (Å²) >= 11 is 0. The van der Waals surface area contributed by atoms with Crippen LogP contribution in [-0.2, 0) is 17.3 Å². The van der Waals surface area contributed by atoms with Crippen molar-refractivity contribution >= 4 is 10.8 Å². The second-order valence-electron chi connectivity index (χ2n) is 5.67. The molecule has 0 bridgehead atoms. The van der Waals surface area contributed by atoms with Gasteiger partial charge in [-0.25, -0.2) is 4.98 Å². The van der Waals surface area contributed by atoms with Gasteiger partial charge in [0.05, 0.1) is 17.3 Å². The van der Waals surface area contributed by atoms with Crippen LogP contribution in [0.1, 0.15) is 19.3 Å². The van der Waals surface area contributed by atoms with Gasteiger partial charge in [-0.1, -0.05) is 24.6 Å². The zero-order chi connectivity index (χ0) is 15.2. The number of rotatable bonds is 6. The molecule has 0 saturated carbocycles. The van der Waals surface area contributed by atoms with E-state index in [9.17, 15) is 4.21 Å². The van der Waals surface area contributed by atoms with Crippen molar-refractivity contribution in [2.75, 3.05) is 18.8 Å². The molecule has 1 aromatic heterocycles. The monoisotopic (exact) mass is 318 g/mol. The Balaban J connectivity index is 1.56. The first-order valence-electron chi connectivity index (χ1n) is 7.83. The maximum absolute atomic E-state index is 12.4. The number of hydrogen-bond acceptors (Lipinski definition) is 4. The average molecular weight is 318 g/mol. The molecule has 0 aliphatic carbocycles. The molecule has 1 aliphatic rings. The summed E-state index contributed by atoms with van der Waals surface area (Å²) in [6.45, 7) is 2.84. The van der Waals surface area contributed by atoms with Gasteiger partial charge in [-0.15, -0.1) is 0 Å². The SMILES string of the molecule is O=[S@@](CCN1CCCC[C@H]1Cn1cncn1)c1ccccc1. The lowest BCUT2D eigenvalue weighted by molar-refractivity contribution is 0.138.